The average Bonchev–Trinajstić information content (AvgIpc) is 2.39. The van der Waals surface area contributed by atoms with Crippen LogP contribution in [-0.4, -0.2) is 35.0 Å². The molecule has 0 aliphatic carbocycles. The van der Waals surface area contributed by atoms with Crippen LogP contribution in [-0.2, 0) is 0 Å². The molecule has 0 aromatic heterocycles. The number of carbonyl (C=O) groups excluding carboxylic acids is 1. The van der Waals surface area contributed by atoms with Gasteiger partial charge in [-0.3, -0.25) is 4.79 Å². The van der Waals surface area contributed by atoms with Gasteiger partial charge in [0.2, 0.25) is 0 Å². The maximum absolute atomic E-state index is 12.3. The third-order valence-electron chi connectivity index (χ3n) is 3.74. The van der Waals surface area contributed by atoms with Gasteiger partial charge in [-0.25, -0.2) is 0 Å². The Kier molecular flexibility index (Phi) is 3.87. The van der Waals surface area contributed by atoms with E-state index in [0.29, 0.717) is 24.6 Å². The highest BCUT2D eigenvalue weighted by Gasteiger charge is 2.29. The quantitative estimate of drug-likeness (QED) is 0.835. The molecular formula is C14H20N2O2. The predicted molar refractivity (Wildman–Crippen MR) is 70.4 cm³/mol. The van der Waals surface area contributed by atoms with Crippen LogP contribution in [0.1, 0.15) is 30.1 Å². The Morgan fingerprint density at radius 2 is 2.22 bits per heavy atom. The number of phenolic OH excluding ortho intramolecular Hbond substituents is 1. The average molecular weight is 248 g/mol. The van der Waals surface area contributed by atoms with E-state index >= 15 is 0 Å². The number of amides is 1. The Labute approximate surface area is 107 Å². The van der Waals surface area contributed by atoms with Gasteiger partial charge in [0.25, 0.3) is 5.91 Å². The Hall–Kier alpha value is -1.55. The SMILES string of the molecule is CCC1CN(C(=O)c2ccccc2O)CCC1N. The molecule has 1 aromatic carbocycles. The van der Waals surface area contributed by atoms with E-state index in [2.05, 4.69) is 6.92 Å². The minimum absolute atomic E-state index is 0.0467. The molecule has 4 nitrogen and oxygen atoms in total. The molecule has 1 heterocycles. The molecule has 0 spiro atoms. The Bertz CT molecular complexity index is 434. The normalized spacial score (nSPS) is 24.0. The fourth-order valence-electron chi connectivity index (χ4n) is 2.49. The van der Waals surface area contributed by atoms with Crippen LogP contribution in [0.5, 0.6) is 5.75 Å². The van der Waals surface area contributed by atoms with Crippen molar-refractivity contribution in [2.75, 3.05) is 13.1 Å². The van der Waals surface area contributed by atoms with E-state index in [-0.39, 0.29) is 17.7 Å². The van der Waals surface area contributed by atoms with Crippen molar-refractivity contribution >= 4 is 5.91 Å². The summed E-state index contributed by atoms with van der Waals surface area (Å²) in [6, 6.07) is 6.86. The van der Waals surface area contributed by atoms with E-state index in [4.69, 9.17) is 5.73 Å². The van der Waals surface area contributed by atoms with Gasteiger partial charge in [-0.15, -0.1) is 0 Å². The van der Waals surface area contributed by atoms with Gasteiger partial charge in [0, 0.05) is 19.1 Å². The van der Waals surface area contributed by atoms with Crippen LogP contribution in [0.2, 0.25) is 0 Å². The third kappa shape index (κ3) is 2.48. The van der Waals surface area contributed by atoms with Crippen molar-refractivity contribution in [3.63, 3.8) is 0 Å². The molecule has 2 unspecified atom stereocenters. The van der Waals surface area contributed by atoms with Gasteiger partial charge in [0.15, 0.2) is 0 Å². The Balaban J connectivity index is 2.13. The topological polar surface area (TPSA) is 66.6 Å². The first-order chi connectivity index (χ1) is 8.63. The maximum Gasteiger partial charge on any atom is 0.257 e. The fourth-order valence-corrected chi connectivity index (χ4v) is 2.49. The van der Waals surface area contributed by atoms with Crippen LogP contribution in [0, 0.1) is 5.92 Å². The fraction of sp³-hybridized carbons (Fsp3) is 0.500. The summed E-state index contributed by atoms with van der Waals surface area (Å²) in [6.07, 6.45) is 1.81. The van der Waals surface area contributed by atoms with E-state index in [1.807, 2.05) is 0 Å². The Morgan fingerprint density at radius 1 is 1.50 bits per heavy atom. The number of likely N-dealkylation sites (tertiary alicyclic amines) is 1. The highest BCUT2D eigenvalue weighted by molar-refractivity contribution is 5.96. The highest BCUT2D eigenvalue weighted by Crippen LogP contribution is 2.23. The second-order valence-corrected chi connectivity index (χ2v) is 4.89. The lowest BCUT2D eigenvalue weighted by molar-refractivity contribution is 0.0646. The molecule has 2 rings (SSSR count). The zero-order valence-electron chi connectivity index (χ0n) is 10.7. The number of carbonyl (C=O) groups is 1. The molecule has 0 bridgehead atoms. The van der Waals surface area contributed by atoms with Gasteiger partial charge in [-0.05, 0) is 24.5 Å². The molecule has 98 valence electrons. The molecule has 0 saturated carbocycles. The smallest absolute Gasteiger partial charge is 0.257 e. The van der Waals surface area contributed by atoms with Gasteiger partial charge in [0.1, 0.15) is 5.75 Å². The van der Waals surface area contributed by atoms with Crippen LogP contribution in [0.25, 0.3) is 0 Å². The van der Waals surface area contributed by atoms with Crippen LogP contribution in [0.15, 0.2) is 24.3 Å². The van der Waals surface area contributed by atoms with Crippen molar-refractivity contribution in [2.24, 2.45) is 11.7 Å². The minimum Gasteiger partial charge on any atom is -0.507 e. The summed E-state index contributed by atoms with van der Waals surface area (Å²) >= 11 is 0. The molecule has 3 N–H and O–H groups in total. The summed E-state index contributed by atoms with van der Waals surface area (Å²) in [5.74, 6) is 0.303. The molecule has 2 atom stereocenters. The van der Waals surface area contributed by atoms with E-state index in [0.717, 1.165) is 12.8 Å². The molecule has 1 aromatic rings. The van der Waals surface area contributed by atoms with Crippen molar-refractivity contribution in [2.45, 2.75) is 25.8 Å². The number of rotatable bonds is 2. The zero-order chi connectivity index (χ0) is 13.1. The molecule has 0 radical (unpaired) electrons. The van der Waals surface area contributed by atoms with Crippen LogP contribution < -0.4 is 5.73 Å². The molecule has 1 fully saturated rings. The second-order valence-electron chi connectivity index (χ2n) is 4.89. The first-order valence-corrected chi connectivity index (χ1v) is 6.46. The number of nitrogens with zero attached hydrogens (tertiary/aromatic N) is 1. The molecule has 18 heavy (non-hydrogen) atoms. The monoisotopic (exact) mass is 248 g/mol. The summed E-state index contributed by atoms with van der Waals surface area (Å²) in [4.78, 5) is 14.1. The summed E-state index contributed by atoms with van der Waals surface area (Å²) in [5, 5.41) is 9.71. The van der Waals surface area contributed by atoms with Gasteiger partial charge >= 0.3 is 0 Å². The molecule has 1 aliphatic heterocycles. The second kappa shape index (κ2) is 5.40. The number of hydrogen-bond donors (Lipinski definition) is 2. The number of para-hydroxylation sites is 1. The zero-order valence-corrected chi connectivity index (χ0v) is 10.7. The van der Waals surface area contributed by atoms with Crippen LogP contribution in [0.3, 0.4) is 0 Å². The van der Waals surface area contributed by atoms with Crippen molar-refractivity contribution in [1.82, 2.24) is 4.90 Å². The summed E-state index contributed by atoms with van der Waals surface area (Å²) in [5.41, 5.74) is 6.41. The number of phenols is 1. The van der Waals surface area contributed by atoms with Crippen molar-refractivity contribution in [3.8, 4) is 5.75 Å². The predicted octanol–water partition coefficient (Wildman–Crippen LogP) is 1.59. The lowest BCUT2D eigenvalue weighted by atomic mass is 9.90. The van der Waals surface area contributed by atoms with Gasteiger partial charge < -0.3 is 15.7 Å². The molecule has 4 heteroatoms. The third-order valence-corrected chi connectivity index (χ3v) is 3.74. The summed E-state index contributed by atoms with van der Waals surface area (Å²) in [6.45, 7) is 3.45. The maximum atomic E-state index is 12.3. The molecule has 1 amide bonds. The largest absolute Gasteiger partial charge is 0.507 e. The highest BCUT2D eigenvalue weighted by atomic mass is 16.3. The van der Waals surface area contributed by atoms with Gasteiger partial charge in [-0.2, -0.15) is 0 Å². The van der Waals surface area contributed by atoms with E-state index in [9.17, 15) is 9.90 Å². The first-order valence-electron chi connectivity index (χ1n) is 6.46. The van der Waals surface area contributed by atoms with Crippen molar-refractivity contribution in [1.29, 1.82) is 0 Å². The van der Waals surface area contributed by atoms with Crippen molar-refractivity contribution in [3.05, 3.63) is 29.8 Å². The van der Waals surface area contributed by atoms with E-state index in [1.165, 1.54) is 0 Å². The van der Waals surface area contributed by atoms with Crippen LogP contribution in [0.4, 0.5) is 0 Å². The lowest BCUT2D eigenvalue weighted by Crippen LogP contribution is -2.49. The number of nitrogens with two attached hydrogens (primary N) is 1. The molecule has 1 saturated heterocycles. The van der Waals surface area contributed by atoms with Crippen LogP contribution >= 0.6 is 0 Å². The van der Waals surface area contributed by atoms with Gasteiger partial charge in [0.05, 0.1) is 5.56 Å². The summed E-state index contributed by atoms with van der Waals surface area (Å²) in [7, 11) is 0. The van der Waals surface area contributed by atoms with Crippen molar-refractivity contribution < 1.29 is 9.90 Å². The number of piperidine rings is 1. The number of benzene rings is 1. The minimum atomic E-state index is -0.0987. The number of hydrogen-bond acceptors (Lipinski definition) is 3. The van der Waals surface area contributed by atoms with Gasteiger partial charge in [-0.1, -0.05) is 25.5 Å². The summed E-state index contributed by atoms with van der Waals surface area (Å²) < 4.78 is 0. The van der Waals surface area contributed by atoms with E-state index < -0.39 is 0 Å². The first kappa shape index (κ1) is 12.9. The molecular weight excluding hydrogens is 228 g/mol. The Morgan fingerprint density at radius 3 is 2.89 bits per heavy atom. The number of aromatic hydroxyl groups is 1. The lowest BCUT2D eigenvalue weighted by Gasteiger charge is -2.36. The van der Waals surface area contributed by atoms with E-state index in [1.54, 1.807) is 29.2 Å². The molecule has 1 aliphatic rings. The standard InChI is InChI=1S/C14H20N2O2/c1-2-10-9-16(8-7-12(10)15)14(18)11-5-3-4-6-13(11)17/h3-6,10,12,17H,2,7-9,15H2,1H3.